The molecule has 4 nitrogen and oxygen atoms in total. The lowest BCUT2D eigenvalue weighted by molar-refractivity contribution is -0.118. The zero-order valence-electron chi connectivity index (χ0n) is 12.4. The van der Waals surface area contributed by atoms with Crippen LogP contribution < -0.4 is 11.1 Å². The molecule has 0 saturated heterocycles. The molecule has 0 bridgehead atoms. The number of benzene rings is 1. The predicted octanol–water partition coefficient (Wildman–Crippen LogP) is 4.20. The van der Waals surface area contributed by atoms with Crippen LogP contribution in [-0.4, -0.2) is 16.9 Å². The van der Waals surface area contributed by atoms with Gasteiger partial charge < -0.3 is 11.1 Å². The number of carbonyl (C=O) groups excluding carboxylic acids is 1. The van der Waals surface area contributed by atoms with Crippen molar-refractivity contribution in [2.24, 2.45) is 11.7 Å². The molecule has 0 spiro atoms. The van der Waals surface area contributed by atoms with Crippen molar-refractivity contribution in [2.45, 2.75) is 26.3 Å². The van der Waals surface area contributed by atoms with Crippen molar-refractivity contribution in [1.29, 1.82) is 0 Å². The smallest absolute Gasteiger partial charge is 0.243 e. The summed E-state index contributed by atoms with van der Waals surface area (Å²) in [4.78, 5) is 16.4. The lowest BCUT2D eigenvalue weighted by Crippen LogP contribution is -2.40. The number of rotatable bonds is 5. The number of hydrogen-bond acceptors (Lipinski definition) is 4. The fraction of sp³-hybridized carbons (Fsp3) is 0.333. The van der Waals surface area contributed by atoms with Gasteiger partial charge in [0.15, 0.2) is 5.13 Å². The van der Waals surface area contributed by atoms with Gasteiger partial charge in [-0.25, -0.2) is 4.98 Å². The standard InChI is InChI=1S/C15H18ClN3OS.ClH/c1-3-9(2)13(17)14(20)19-15-18-12(8-21-15)10-6-4-5-7-11(10)16;/h4-9,13H,3,17H2,1-2H3,(H,18,19,20);1H. The van der Waals surface area contributed by atoms with Crippen LogP contribution in [0.15, 0.2) is 29.6 Å². The molecule has 7 heteroatoms. The van der Waals surface area contributed by atoms with Gasteiger partial charge in [-0.3, -0.25) is 4.79 Å². The molecule has 3 N–H and O–H groups in total. The molecular formula is C15H19Cl2N3OS. The van der Waals surface area contributed by atoms with Gasteiger partial charge in [0, 0.05) is 16.0 Å². The third kappa shape index (κ3) is 4.43. The van der Waals surface area contributed by atoms with Crippen molar-refractivity contribution in [3.63, 3.8) is 0 Å². The van der Waals surface area contributed by atoms with Gasteiger partial charge in [0.1, 0.15) is 0 Å². The van der Waals surface area contributed by atoms with Gasteiger partial charge in [-0.05, 0) is 12.0 Å². The summed E-state index contributed by atoms with van der Waals surface area (Å²) in [7, 11) is 0. The Morgan fingerprint density at radius 3 is 2.77 bits per heavy atom. The number of nitrogens with two attached hydrogens (primary N) is 1. The Labute approximate surface area is 145 Å². The summed E-state index contributed by atoms with van der Waals surface area (Å²) in [5, 5.41) is 5.81. The van der Waals surface area contributed by atoms with E-state index in [1.54, 1.807) is 0 Å². The molecule has 2 unspecified atom stereocenters. The maximum Gasteiger partial charge on any atom is 0.243 e. The number of amides is 1. The highest BCUT2D eigenvalue weighted by Gasteiger charge is 2.20. The second kappa shape index (κ2) is 8.48. The SMILES string of the molecule is CCC(C)C(N)C(=O)Nc1nc(-c2ccccc2Cl)cs1.Cl. The van der Waals surface area contributed by atoms with Crippen LogP contribution in [0.3, 0.4) is 0 Å². The van der Waals surface area contributed by atoms with Gasteiger partial charge in [-0.2, -0.15) is 0 Å². The molecule has 0 radical (unpaired) electrons. The van der Waals surface area contributed by atoms with Crippen LogP contribution in [0.25, 0.3) is 11.3 Å². The molecule has 2 aromatic rings. The van der Waals surface area contributed by atoms with Crippen molar-refractivity contribution in [1.82, 2.24) is 4.98 Å². The van der Waals surface area contributed by atoms with E-state index in [0.29, 0.717) is 10.2 Å². The summed E-state index contributed by atoms with van der Waals surface area (Å²) in [5.74, 6) is -0.0718. The highest BCUT2D eigenvalue weighted by molar-refractivity contribution is 7.14. The van der Waals surface area contributed by atoms with Gasteiger partial charge in [-0.1, -0.05) is 50.1 Å². The number of nitrogens with one attached hydrogen (secondary N) is 1. The molecule has 2 atom stereocenters. The second-order valence-corrected chi connectivity index (χ2v) is 6.18. The van der Waals surface area contributed by atoms with Gasteiger partial charge in [0.05, 0.1) is 11.7 Å². The Kier molecular flexibility index (Phi) is 7.29. The Hall–Kier alpha value is -1.14. The summed E-state index contributed by atoms with van der Waals surface area (Å²) in [6, 6.07) is 6.95. The number of aromatic nitrogens is 1. The topological polar surface area (TPSA) is 68.0 Å². The summed E-state index contributed by atoms with van der Waals surface area (Å²) in [6.45, 7) is 3.97. The van der Waals surface area contributed by atoms with Gasteiger partial charge >= 0.3 is 0 Å². The molecular weight excluding hydrogens is 341 g/mol. The summed E-state index contributed by atoms with van der Waals surface area (Å²) >= 11 is 7.50. The molecule has 1 aromatic carbocycles. The number of nitrogens with zero attached hydrogens (tertiary/aromatic N) is 1. The third-order valence-corrected chi connectivity index (χ3v) is 4.53. The molecule has 0 aliphatic rings. The van der Waals surface area contributed by atoms with Crippen molar-refractivity contribution in [3.8, 4) is 11.3 Å². The third-order valence-electron chi connectivity index (χ3n) is 3.44. The first kappa shape index (κ1) is 18.9. The molecule has 1 aromatic heterocycles. The Morgan fingerprint density at radius 1 is 1.45 bits per heavy atom. The Bertz CT molecular complexity index is 633. The summed E-state index contributed by atoms with van der Waals surface area (Å²) < 4.78 is 0. The molecule has 0 saturated carbocycles. The average molecular weight is 360 g/mol. The van der Waals surface area contributed by atoms with E-state index >= 15 is 0 Å². The molecule has 0 aliphatic heterocycles. The normalized spacial score (nSPS) is 13.1. The molecule has 120 valence electrons. The maximum absolute atomic E-state index is 12.0. The van der Waals surface area contributed by atoms with E-state index in [9.17, 15) is 4.79 Å². The first-order valence-electron chi connectivity index (χ1n) is 6.79. The van der Waals surface area contributed by atoms with Crippen LogP contribution in [0, 0.1) is 5.92 Å². The molecule has 1 amide bonds. The average Bonchev–Trinajstić information content (AvgIpc) is 2.94. The largest absolute Gasteiger partial charge is 0.320 e. The molecule has 0 aliphatic carbocycles. The van der Waals surface area contributed by atoms with Gasteiger partial charge in [0.25, 0.3) is 0 Å². The summed E-state index contributed by atoms with van der Waals surface area (Å²) in [6.07, 6.45) is 0.858. The van der Waals surface area contributed by atoms with Crippen LogP contribution in [-0.2, 0) is 4.79 Å². The van der Waals surface area contributed by atoms with Crippen molar-refractivity contribution in [2.75, 3.05) is 5.32 Å². The zero-order chi connectivity index (χ0) is 15.4. The van der Waals surface area contributed by atoms with Gasteiger partial charge in [-0.15, -0.1) is 23.7 Å². The second-order valence-electron chi connectivity index (χ2n) is 4.92. The minimum absolute atomic E-state index is 0. The molecule has 0 fully saturated rings. The monoisotopic (exact) mass is 359 g/mol. The highest BCUT2D eigenvalue weighted by atomic mass is 35.5. The van der Waals surface area contributed by atoms with Crippen LogP contribution >= 0.6 is 35.3 Å². The molecule has 22 heavy (non-hydrogen) atoms. The van der Waals surface area contributed by atoms with Crippen LogP contribution in [0.1, 0.15) is 20.3 Å². The van der Waals surface area contributed by atoms with E-state index in [0.717, 1.165) is 17.7 Å². The number of thiazole rings is 1. The number of carbonyl (C=O) groups is 1. The van der Waals surface area contributed by atoms with Crippen LogP contribution in [0.4, 0.5) is 5.13 Å². The van der Waals surface area contributed by atoms with Crippen LogP contribution in [0.2, 0.25) is 5.02 Å². The zero-order valence-corrected chi connectivity index (χ0v) is 14.8. The van der Waals surface area contributed by atoms with Crippen molar-refractivity contribution >= 4 is 46.4 Å². The predicted molar refractivity (Wildman–Crippen MR) is 95.9 cm³/mol. The first-order valence-corrected chi connectivity index (χ1v) is 8.05. The van der Waals surface area contributed by atoms with Crippen molar-refractivity contribution in [3.05, 3.63) is 34.7 Å². The molecule has 1 heterocycles. The fourth-order valence-corrected chi connectivity index (χ4v) is 2.77. The Morgan fingerprint density at radius 2 is 2.14 bits per heavy atom. The number of hydrogen-bond donors (Lipinski definition) is 2. The minimum atomic E-state index is -0.525. The van der Waals surface area contributed by atoms with E-state index in [1.165, 1.54) is 11.3 Å². The maximum atomic E-state index is 12.0. The number of anilines is 1. The lowest BCUT2D eigenvalue weighted by Gasteiger charge is -2.16. The van der Waals surface area contributed by atoms with Crippen molar-refractivity contribution < 1.29 is 4.79 Å². The fourth-order valence-electron chi connectivity index (χ4n) is 1.82. The number of halogens is 2. The quantitative estimate of drug-likeness (QED) is 0.840. The van der Waals surface area contributed by atoms with E-state index < -0.39 is 6.04 Å². The first-order chi connectivity index (χ1) is 10.0. The summed E-state index contributed by atoms with van der Waals surface area (Å²) in [5.41, 5.74) is 7.50. The Balaban J connectivity index is 0.00000242. The minimum Gasteiger partial charge on any atom is -0.320 e. The molecule has 2 rings (SSSR count). The van der Waals surface area contributed by atoms with Gasteiger partial charge in [0.2, 0.25) is 5.91 Å². The van der Waals surface area contributed by atoms with E-state index in [4.69, 9.17) is 17.3 Å². The van der Waals surface area contributed by atoms with E-state index in [2.05, 4.69) is 10.3 Å². The van der Waals surface area contributed by atoms with E-state index in [1.807, 2.05) is 43.5 Å². The van der Waals surface area contributed by atoms with E-state index in [-0.39, 0.29) is 24.2 Å². The highest BCUT2D eigenvalue weighted by Crippen LogP contribution is 2.30. The van der Waals surface area contributed by atoms with Crippen LogP contribution in [0.5, 0.6) is 0 Å². The lowest BCUT2D eigenvalue weighted by atomic mass is 10.00.